The summed E-state index contributed by atoms with van der Waals surface area (Å²) in [4.78, 5) is 45.4. The van der Waals surface area contributed by atoms with Crippen molar-refractivity contribution in [1.82, 2.24) is 0 Å². The Bertz CT molecular complexity index is 942. The Balaban J connectivity index is 1.86. The van der Waals surface area contributed by atoms with E-state index in [2.05, 4.69) is 5.32 Å². The number of anilines is 1. The van der Waals surface area contributed by atoms with Gasteiger partial charge in [-0.1, -0.05) is 12.1 Å². The molecule has 0 spiro atoms. The van der Waals surface area contributed by atoms with Crippen molar-refractivity contribution in [2.75, 3.05) is 25.6 Å². The summed E-state index contributed by atoms with van der Waals surface area (Å²) in [6.45, 7) is 0.273. The molecule has 0 bridgehead atoms. The summed E-state index contributed by atoms with van der Waals surface area (Å²) < 4.78 is 14.9. The third-order valence-electron chi connectivity index (χ3n) is 3.64. The molecule has 0 aromatic heterocycles. The van der Waals surface area contributed by atoms with E-state index in [1.54, 1.807) is 18.2 Å². The molecule has 29 heavy (non-hydrogen) atoms. The van der Waals surface area contributed by atoms with E-state index in [0.29, 0.717) is 11.3 Å². The SMILES string of the molecule is COc1ccc(NC(=O)COC(=O)COc2cccc(C(C)=O)c2)c([N+](=O)[O-])c1. The molecule has 1 amide bonds. The lowest BCUT2D eigenvalue weighted by molar-refractivity contribution is -0.384. The number of nitrogens with one attached hydrogen (secondary N) is 1. The van der Waals surface area contributed by atoms with E-state index in [1.165, 1.54) is 32.2 Å². The van der Waals surface area contributed by atoms with Gasteiger partial charge in [0.15, 0.2) is 19.0 Å². The van der Waals surface area contributed by atoms with Gasteiger partial charge in [0, 0.05) is 5.56 Å². The molecule has 10 heteroatoms. The van der Waals surface area contributed by atoms with E-state index in [4.69, 9.17) is 14.2 Å². The summed E-state index contributed by atoms with van der Waals surface area (Å²) >= 11 is 0. The smallest absolute Gasteiger partial charge is 0.344 e. The van der Waals surface area contributed by atoms with Crippen LogP contribution in [0, 0.1) is 10.1 Å². The summed E-state index contributed by atoms with van der Waals surface area (Å²) in [6, 6.07) is 10.2. The molecule has 0 aliphatic heterocycles. The molecular formula is C19H18N2O8. The largest absolute Gasteiger partial charge is 0.496 e. The Morgan fingerprint density at radius 2 is 1.83 bits per heavy atom. The number of ketones is 1. The number of hydrogen-bond donors (Lipinski definition) is 1. The number of benzene rings is 2. The van der Waals surface area contributed by atoms with Crippen molar-refractivity contribution >= 4 is 29.0 Å². The number of Topliss-reactive ketones (excluding diaryl/α,β-unsaturated/α-hetero) is 1. The fourth-order valence-corrected chi connectivity index (χ4v) is 2.22. The maximum atomic E-state index is 11.9. The van der Waals surface area contributed by atoms with Gasteiger partial charge in [0.25, 0.3) is 11.6 Å². The number of carbonyl (C=O) groups excluding carboxylic acids is 3. The van der Waals surface area contributed by atoms with Crippen LogP contribution in [0.1, 0.15) is 17.3 Å². The topological polar surface area (TPSA) is 134 Å². The summed E-state index contributed by atoms with van der Waals surface area (Å²) in [5.74, 6) is -1.18. The van der Waals surface area contributed by atoms with Gasteiger partial charge in [0.1, 0.15) is 17.2 Å². The average molecular weight is 402 g/mol. The Labute approximate surface area is 165 Å². The highest BCUT2D eigenvalue weighted by Gasteiger charge is 2.18. The lowest BCUT2D eigenvalue weighted by Crippen LogP contribution is -2.24. The van der Waals surface area contributed by atoms with Crippen LogP contribution in [0.2, 0.25) is 0 Å². The van der Waals surface area contributed by atoms with Gasteiger partial charge in [0.05, 0.1) is 18.1 Å². The first-order valence-corrected chi connectivity index (χ1v) is 8.32. The van der Waals surface area contributed by atoms with Crippen molar-refractivity contribution in [2.24, 2.45) is 0 Å². The van der Waals surface area contributed by atoms with Crippen molar-refractivity contribution in [3.8, 4) is 11.5 Å². The van der Waals surface area contributed by atoms with Crippen LogP contribution in [0.4, 0.5) is 11.4 Å². The number of esters is 1. The molecular weight excluding hydrogens is 384 g/mol. The molecule has 152 valence electrons. The average Bonchev–Trinajstić information content (AvgIpc) is 2.71. The normalized spacial score (nSPS) is 10.0. The van der Waals surface area contributed by atoms with Gasteiger partial charge < -0.3 is 19.5 Å². The lowest BCUT2D eigenvalue weighted by Gasteiger charge is -2.09. The molecule has 0 aliphatic carbocycles. The predicted octanol–water partition coefficient (Wildman–Crippen LogP) is 2.37. The van der Waals surface area contributed by atoms with Crippen LogP contribution in [-0.2, 0) is 14.3 Å². The number of nitro benzene ring substituents is 1. The highest BCUT2D eigenvalue weighted by Crippen LogP contribution is 2.28. The zero-order valence-electron chi connectivity index (χ0n) is 15.7. The number of amides is 1. The number of ether oxygens (including phenoxy) is 3. The van der Waals surface area contributed by atoms with Crippen LogP contribution >= 0.6 is 0 Å². The minimum absolute atomic E-state index is 0.0610. The van der Waals surface area contributed by atoms with E-state index < -0.39 is 30.0 Å². The van der Waals surface area contributed by atoms with Crippen LogP contribution in [0.15, 0.2) is 42.5 Å². The third kappa shape index (κ3) is 6.31. The molecule has 2 aromatic rings. The van der Waals surface area contributed by atoms with Crippen molar-refractivity contribution in [1.29, 1.82) is 0 Å². The molecule has 0 heterocycles. The summed E-state index contributed by atoms with van der Waals surface area (Å²) in [5.41, 5.74) is 0.00295. The molecule has 2 rings (SSSR count). The molecule has 0 saturated carbocycles. The van der Waals surface area contributed by atoms with Crippen molar-refractivity contribution in [3.63, 3.8) is 0 Å². The van der Waals surface area contributed by atoms with Crippen LogP contribution in [0.25, 0.3) is 0 Å². The zero-order chi connectivity index (χ0) is 21.4. The second-order valence-corrected chi connectivity index (χ2v) is 5.72. The molecule has 0 fully saturated rings. The minimum Gasteiger partial charge on any atom is -0.496 e. The minimum atomic E-state index is -0.822. The standard InChI is InChI=1S/C19H18N2O8/c1-12(22)13-4-3-5-15(8-13)28-11-19(24)29-10-18(23)20-16-7-6-14(27-2)9-17(16)21(25)26/h3-9H,10-11H2,1-2H3,(H,20,23). The molecule has 0 atom stereocenters. The number of carbonyl (C=O) groups is 3. The number of nitrogens with zero attached hydrogens (tertiary/aromatic N) is 1. The Morgan fingerprint density at radius 1 is 1.07 bits per heavy atom. The molecule has 10 nitrogen and oxygen atoms in total. The highest BCUT2D eigenvalue weighted by atomic mass is 16.6. The van der Waals surface area contributed by atoms with Crippen molar-refractivity contribution < 1.29 is 33.5 Å². The van der Waals surface area contributed by atoms with Gasteiger partial charge in [-0.2, -0.15) is 0 Å². The van der Waals surface area contributed by atoms with E-state index in [9.17, 15) is 24.5 Å². The fourth-order valence-electron chi connectivity index (χ4n) is 2.22. The van der Waals surface area contributed by atoms with Gasteiger partial charge in [-0.15, -0.1) is 0 Å². The van der Waals surface area contributed by atoms with Crippen LogP contribution in [0.5, 0.6) is 11.5 Å². The lowest BCUT2D eigenvalue weighted by atomic mass is 10.1. The van der Waals surface area contributed by atoms with Crippen molar-refractivity contribution in [3.05, 3.63) is 58.1 Å². The van der Waals surface area contributed by atoms with E-state index >= 15 is 0 Å². The number of hydrogen-bond acceptors (Lipinski definition) is 8. The summed E-state index contributed by atoms with van der Waals surface area (Å²) in [7, 11) is 1.36. The third-order valence-corrected chi connectivity index (χ3v) is 3.64. The number of nitro groups is 1. The Hall–Kier alpha value is -3.95. The summed E-state index contributed by atoms with van der Waals surface area (Å²) in [5, 5.41) is 13.4. The van der Waals surface area contributed by atoms with Gasteiger partial charge in [-0.3, -0.25) is 19.7 Å². The Kier molecular flexibility index (Phi) is 7.24. The molecule has 0 unspecified atom stereocenters. The number of methoxy groups -OCH3 is 1. The first-order chi connectivity index (χ1) is 13.8. The maximum Gasteiger partial charge on any atom is 0.344 e. The zero-order valence-corrected chi connectivity index (χ0v) is 15.7. The first-order valence-electron chi connectivity index (χ1n) is 8.32. The quantitative estimate of drug-likeness (QED) is 0.292. The molecule has 2 aromatic carbocycles. The summed E-state index contributed by atoms with van der Waals surface area (Å²) in [6.07, 6.45) is 0. The second kappa shape index (κ2) is 9.83. The van der Waals surface area contributed by atoms with Crippen LogP contribution < -0.4 is 14.8 Å². The monoisotopic (exact) mass is 402 g/mol. The van der Waals surface area contributed by atoms with Gasteiger partial charge in [0.2, 0.25) is 0 Å². The molecule has 1 N–H and O–H groups in total. The van der Waals surface area contributed by atoms with Crippen LogP contribution in [0.3, 0.4) is 0 Å². The second-order valence-electron chi connectivity index (χ2n) is 5.72. The predicted molar refractivity (Wildman–Crippen MR) is 101 cm³/mol. The van der Waals surface area contributed by atoms with E-state index in [-0.39, 0.29) is 22.9 Å². The first kappa shape index (κ1) is 21.4. The maximum absolute atomic E-state index is 11.9. The van der Waals surface area contributed by atoms with Crippen molar-refractivity contribution in [2.45, 2.75) is 6.92 Å². The molecule has 0 radical (unpaired) electrons. The van der Waals surface area contributed by atoms with Gasteiger partial charge >= 0.3 is 5.97 Å². The van der Waals surface area contributed by atoms with E-state index in [0.717, 1.165) is 6.07 Å². The van der Waals surface area contributed by atoms with E-state index in [1.807, 2.05) is 0 Å². The van der Waals surface area contributed by atoms with Gasteiger partial charge in [-0.25, -0.2) is 4.79 Å². The van der Waals surface area contributed by atoms with Crippen LogP contribution in [-0.4, -0.2) is 42.9 Å². The highest BCUT2D eigenvalue weighted by molar-refractivity contribution is 5.95. The fraction of sp³-hybridized carbons (Fsp3) is 0.211. The van der Waals surface area contributed by atoms with Gasteiger partial charge in [-0.05, 0) is 31.2 Å². The Morgan fingerprint density at radius 3 is 2.48 bits per heavy atom. The molecule has 0 saturated heterocycles. The number of rotatable bonds is 9. The molecule has 0 aliphatic rings.